The fourth-order valence-electron chi connectivity index (χ4n) is 1.72. The highest BCUT2D eigenvalue weighted by atomic mass is 35.5. The van der Waals surface area contributed by atoms with Crippen LogP contribution >= 0.6 is 11.6 Å². The van der Waals surface area contributed by atoms with Crippen molar-refractivity contribution in [1.82, 2.24) is 9.97 Å². The zero-order valence-corrected chi connectivity index (χ0v) is 12.0. The predicted molar refractivity (Wildman–Crippen MR) is 73.8 cm³/mol. The first-order chi connectivity index (χ1) is 10.7. The lowest BCUT2D eigenvalue weighted by Crippen LogP contribution is -2.19. The molecule has 10 heteroatoms. The first-order valence-electron chi connectivity index (χ1n) is 5.98. The molecule has 0 fully saturated rings. The van der Waals surface area contributed by atoms with Crippen LogP contribution in [-0.4, -0.2) is 29.0 Å². The lowest BCUT2D eigenvalue weighted by atomic mass is 10.1. The number of nitrogens with two attached hydrogens (primary N) is 1. The summed E-state index contributed by atoms with van der Waals surface area (Å²) in [5, 5.41) is -0.0373. The van der Waals surface area contributed by atoms with E-state index in [0.29, 0.717) is 0 Å². The quantitative estimate of drug-likeness (QED) is 0.677. The second kappa shape index (κ2) is 6.37. The zero-order valence-electron chi connectivity index (χ0n) is 11.2. The van der Waals surface area contributed by atoms with Crippen LogP contribution in [0.2, 0.25) is 5.15 Å². The number of rotatable bonds is 4. The first-order valence-corrected chi connectivity index (χ1v) is 6.35. The smallest absolute Gasteiger partial charge is 0.422 e. The molecule has 0 bridgehead atoms. The lowest BCUT2D eigenvalue weighted by Gasteiger charge is -2.13. The Morgan fingerprint density at radius 2 is 2.04 bits per heavy atom. The maximum atomic E-state index is 14.1. The summed E-state index contributed by atoms with van der Waals surface area (Å²) in [6.07, 6.45) is -3.35. The van der Waals surface area contributed by atoms with E-state index in [1.54, 1.807) is 0 Å². The van der Waals surface area contributed by atoms with E-state index in [0.717, 1.165) is 18.3 Å². The van der Waals surface area contributed by atoms with Gasteiger partial charge in [0.25, 0.3) is 0 Å². The normalized spacial score (nSPS) is 11.3. The van der Waals surface area contributed by atoms with Gasteiger partial charge in [-0.3, -0.25) is 4.79 Å². The molecule has 23 heavy (non-hydrogen) atoms. The molecule has 1 aromatic heterocycles. The molecule has 0 saturated heterocycles. The van der Waals surface area contributed by atoms with E-state index < -0.39 is 24.3 Å². The summed E-state index contributed by atoms with van der Waals surface area (Å²) in [5.74, 6) is -1.60. The highest BCUT2D eigenvalue weighted by Crippen LogP contribution is 2.32. The van der Waals surface area contributed by atoms with Gasteiger partial charge < -0.3 is 10.5 Å². The fourth-order valence-corrected chi connectivity index (χ4v) is 1.86. The third-order valence-electron chi connectivity index (χ3n) is 2.64. The molecule has 5 nitrogen and oxygen atoms in total. The van der Waals surface area contributed by atoms with Gasteiger partial charge >= 0.3 is 6.18 Å². The topological polar surface area (TPSA) is 78.1 Å². The number of anilines is 1. The van der Waals surface area contributed by atoms with Gasteiger partial charge in [0.2, 0.25) is 0 Å². The highest BCUT2D eigenvalue weighted by molar-refractivity contribution is 6.29. The standard InChI is InChI=1S/C13H8ClF4N3O2/c14-10-3-20-11(12(19)21-10)7-2-9(23-5-13(16,17)18)6(4-22)1-8(7)15/h1-4H,5H2,(H2,19,21). The number of nitrogens with zero attached hydrogens (tertiary/aromatic N) is 2. The lowest BCUT2D eigenvalue weighted by molar-refractivity contribution is -0.153. The van der Waals surface area contributed by atoms with Gasteiger partial charge in [-0.05, 0) is 12.1 Å². The Labute approximate surface area is 132 Å². The van der Waals surface area contributed by atoms with Crippen LogP contribution in [0, 0.1) is 5.82 Å². The van der Waals surface area contributed by atoms with E-state index in [9.17, 15) is 22.4 Å². The van der Waals surface area contributed by atoms with Crippen molar-refractivity contribution < 1.29 is 27.1 Å². The summed E-state index contributed by atoms with van der Waals surface area (Å²) >= 11 is 5.58. The molecule has 1 heterocycles. The Morgan fingerprint density at radius 1 is 1.35 bits per heavy atom. The van der Waals surface area contributed by atoms with Crippen LogP contribution in [0.4, 0.5) is 23.4 Å². The van der Waals surface area contributed by atoms with E-state index in [2.05, 4.69) is 14.7 Å². The molecular formula is C13H8ClF4N3O2. The summed E-state index contributed by atoms with van der Waals surface area (Å²) in [6, 6.07) is 1.63. The number of carbonyl (C=O) groups excluding carboxylic acids is 1. The number of halogens is 5. The van der Waals surface area contributed by atoms with Crippen molar-refractivity contribution in [3.63, 3.8) is 0 Å². The summed E-state index contributed by atoms with van der Waals surface area (Å²) < 4.78 is 55.3. The summed E-state index contributed by atoms with van der Waals surface area (Å²) in [7, 11) is 0. The van der Waals surface area contributed by atoms with E-state index >= 15 is 0 Å². The molecule has 2 aromatic rings. The fraction of sp³-hybridized carbons (Fsp3) is 0.154. The third-order valence-corrected chi connectivity index (χ3v) is 2.83. The highest BCUT2D eigenvalue weighted by Gasteiger charge is 2.29. The first kappa shape index (κ1) is 16.9. The third kappa shape index (κ3) is 4.07. The average Bonchev–Trinajstić information content (AvgIpc) is 2.45. The van der Waals surface area contributed by atoms with E-state index in [1.807, 2.05) is 0 Å². The number of benzene rings is 1. The number of ether oxygens (including phenoxy) is 1. The average molecular weight is 350 g/mol. The molecule has 0 radical (unpaired) electrons. The van der Waals surface area contributed by atoms with Gasteiger partial charge in [0.1, 0.15) is 22.4 Å². The minimum Gasteiger partial charge on any atom is -0.483 e. The minimum absolute atomic E-state index is 0.0373. The van der Waals surface area contributed by atoms with E-state index in [1.165, 1.54) is 0 Å². The largest absolute Gasteiger partial charge is 0.483 e. The van der Waals surface area contributed by atoms with Crippen molar-refractivity contribution in [3.8, 4) is 17.0 Å². The molecule has 0 atom stereocenters. The van der Waals surface area contributed by atoms with Crippen molar-refractivity contribution in [2.75, 3.05) is 12.3 Å². The van der Waals surface area contributed by atoms with Crippen molar-refractivity contribution in [2.24, 2.45) is 0 Å². The Kier molecular flexibility index (Phi) is 4.69. The van der Waals surface area contributed by atoms with Gasteiger partial charge in [0, 0.05) is 5.56 Å². The van der Waals surface area contributed by atoms with Gasteiger partial charge in [-0.2, -0.15) is 13.2 Å². The molecule has 2 rings (SSSR count). The Hall–Kier alpha value is -2.42. The Balaban J connectivity index is 2.50. The molecule has 1 aromatic carbocycles. The predicted octanol–water partition coefficient (Wildman–Crippen LogP) is 3.27. The second-order valence-electron chi connectivity index (χ2n) is 4.32. The van der Waals surface area contributed by atoms with Crippen molar-refractivity contribution in [1.29, 1.82) is 0 Å². The molecular weight excluding hydrogens is 342 g/mol. The van der Waals surface area contributed by atoms with Gasteiger partial charge in [-0.1, -0.05) is 11.6 Å². The van der Waals surface area contributed by atoms with E-state index in [-0.39, 0.29) is 34.1 Å². The van der Waals surface area contributed by atoms with Crippen LogP contribution < -0.4 is 10.5 Å². The number of aromatic nitrogens is 2. The minimum atomic E-state index is -4.62. The van der Waals surface area contributed by atoms with Crippen LogP contribution in [0.5, 0.6) is 5.75 Å². The van der Waals surface area contributed by atoms with Crippen LogP contribution in [0.3, 0.4) is 0 Å². The molecule has 0 aliphatic rings. The maximum absolute atomic E-state index is 14.1. The number of alkyl halides is 3. The number of hydrogen-bond acceptors (Lipinski definition) is 5. The zero-order chi connectivity index (χ0) is 17.2. The van der Waals surface area contributed by atoms with Crippen LogP contribution in [-0.2, 0) is 0 Å². The molecule has 122 valence electrons. The summed E-state index contributed by atoms with van der Waals surface area (Å²) in [6.45, 7) is -1.64. The molecule has 0 spiro atoms. The molecule has 2 N–H and O–H groups in total. The van der Waals surface area contributed by atoms with Gasteiger partial charge in [0.05, 0.1) is 11.8 Å². The number of carbonyl (C=O) groups is 1. The Bertz CT molecular complexity index is 753. The summed E-state index contributed by atoms with van der Waals surface area (Å²) in [4.78, 5) is 18.3. The molecule has 0 aliphatic heterocycles. The second-order valence-corrected chi connectivity index (χ2v) is 4.71. The van der Waals surface area contributed by atoms with Gasteiger partial charge in [-0.15, -0.1) is 0 Å². The molecule has 0 unspecified atom stereocenters. The number of hydrogen-bond donors (Lipinski definition) is 1. The van der Waals surface area contributed by atoms with Gasteiger partial charge in [0.15, 0.2) is 18.7 Å². The number of aldehydes is 1. The Morgan fingerprint density at radius 3 is 2.61 bits per heavy atom. The van der Waals surface area contributed by atoms with Crippen LogP contribution in [0.15, 0.2) is 18.3 Å². The molecule has 0 saturated carbocycles. The number of nitrogen functional groups attached to an aromatic ring is 1. The van der Waals surface area contributed by atoms with Gasteiger partial charge in [-0.25, -0.2) is 14.4 Å². The van der Waals surface area contributed by atoms with Crippen LogP contribution in [0.1, 0.15) is 10.4 Å². The van der Waals surface area contributed by atoms with Crippen molar-refractivity contribution in [3.05, 3.63) is 34.9 Å². The molecule has 0 aliphatic carbocycles. The van der Waals surface area contributed by atoms with Crippen LogP contribution in [0.25, 0.3) is 11.3 Å². The van der Waals surface area contributed by atoms with Crippen molar-refractivity contribution >= 4 is 23.7 Å². The van der Waals surface area contributed by atoms with Crippen molar-refractivity contribution in [2.45, 2.75) is 6.18 Å². The van der Waals surface area contributed by atoms with E-state index in [4.69, 9.17) is 17.3 Å². The monoisotopic (exact) mass is 349 g/mol. The summed E-state index contributed by atoms with van der Waals surface area (Å²) in [5.41, 5.74) is 4.79. The SMILES string of the molecule is Nc1nc(Cl)cnc1-c1cc(OCC(F)(F)F)c(C=O)cc1F. The maximum Gasteiger partial charge on any atom is 0.422 e. The molecule has 0 amide bonds.